The molecule has 82 heavy (non-hydrogen) atoms. The first-order valence-corrected chi connectivity index (χ1v) is 37.3. The molecular weight excluding hydrogens is 1010 g/mol. The number of carbonyl (C=O) groups excluding carboxylic acids is 3. The van der Waals surface area contributed by atoms with Crippen molar-refractivity contribution in [3.05, 3.63) is 24.3 Å². The number of ether oxygens (including phenoxy) is 3. The van der Waals surface area contributed by atoms with E-state index in [0.29, 0.717) is 19.3 Å². The van der Waals surface area contributed by atoms with Gasteiger partial charge in [0.15, 0.2) is 6.10 Å². The topological polar surface area (TPSA) is 78.9 Å². The van der Waals surface area contributed by atoms with Gasteiger partial charge in [0.1, 0.15) is 13.2 Å². The molecule has 1 unspecified atom stereocenters. The maximum absolute atomic E-state index is 13.0. The van der Waals surface area contributed by atoms with E-state index in [-0.39, 0.29) is 31.1 Å². The number of carbonyl (C=O) groups is 3. The van der Waals surface area contributed by atoms with Crippen LogP contribution in [-0.4, -0.2) is 37.2 Å². The standard InChI is InChI=1S/C76H144O6/c1-4-7-10-13-16-19-22-25-27-29-31-33-35-37-39-40-42-44-46-48-51-54-57-60-63-66-69-75(78)81-72-73(71-80-74(77)68-65-62-59-56-53-50-24-21-18-15-12-9-6-3)82-76(79)70-67-64-61-58-55-52-49-47-45-43-41-38-36-34-32-30-28-26-23-20-17-14-11-8-5-2/h23,26,30,32,73H,4-22,24-25,27-29,31,33-72H2,1-3H3/b26-23-,32-30-. The highest BCUT2D eigenvalue weighted by Crippen LogP contribution is 2.19. The minimum Gasteiger partial charge on any atom is -0.462 e. The van der Waals surface area contributed by atoms with E-state index in [0.717, 1.165) is 64.2 Å². The molecule has 0 saturated heterocycles. The van der Waals surface area contributed by atoms with Gasteiger partial charge in [-0.15, -0.1) is 0 Å². The summed E-state index contributed by atoms with van der Waals surface area (Å²) in [6.45, 7) is 6.72. The fourth-order valence-corrected chi connectivity index (χ4v) is 11.6. The van der Waals surface area contributed by atoms with Gasteiger partial charge in [-0.1, -0.05) is 379 Å². The van der Waals surface area contributed by atoms with Crippen molar-refractivity contribution in [1.29, 1.82) is 0 Å². The molecule has 0 saturated carbocycles. The maximum Gasteiger partial charge on any atom is 0.306 e. The molecule has 6 heteroatoms. The normalized spacial score (nSPS) is 12.1. The lowest BCUT2D eigenvalue weighted by Crippen LogP contribution is -2.30. The number of hydrogen-bond donors (Lipinski definition) is 0. The minimum atomic E-state index is -0.768. The molecule has 0 fully saturated rings. The van der Waals surface area contributed by atoms with E-state index in [1.165, 1.54) is 321 Å². The predicted molar refractivity (Wildman–Crippen MR) is 358 cm³/mol. The molecule has 0 amide bonds. The van der Waals surface area contributed by atoms with Gasteiger partial charge in [-0.3, -0.25) is 14.4 Å². The van der Waals surface area contributed by atoms with Crippen molar-refractivity contribution in [2.24, 2.45) is 0 Å². The van der Waals surface area contributed by atoms with Gasteiger partial charge >= 0.3 is 17.9 Å². The number of esters is 3. The smallest absolute Gasteiger partial charge is 0.306 e. The fourth-order valence-electron chi connectivity index (χ4n) is 11.6. The SMILES string of the molecule is CCCCCCC/C=C\C/C=C\CCCCCCCCCCCCCCCC(=O)OC(COC(=O)CCCCCCCCCCCCCCC)COC(=O)CCCCCCCCCCCCCCCCCCCCCCCCCCCC. The van der Waals surface area contributed by atoms with E-state index >= 15 is 0 Å². The summed E-state index contributed by atoms with van der Waals surface area (Å²) in [5.74, 6) is -0.829. The monoisotopic (exact) mass is 1150 g/mol. The molecule has 0 aromatic rings. The van der Waals surface area contributed by atoms with E-state index in [1.807, 2.05) is 0 Å². The summed E-state index contributed by atoms with van der Waals surface area (Å²) >= 11 is 0. The van der Waals surface area contributed by atoms with Crippen LogP contribution in [-0.2, 0) is 28.6 Å². The highest BCUT2D eigenvalue weighted by Gasteiger charge is 2.20. The minimum absolute atomic E-state index is 0.0642. The summed E-state index contributed by atoms with van der Waals surface area (Å²) in [5.41, 5.74) is 0. The molecule has 0 N–H and O–H groups in total. The van der Waals surface area contributed by atoms with Crippen LogP contribution in [0.5, 0.6) is 0 Å². The molecule has 0 radical (unpaired) electrons. The van der Waals surface area contributed by atoms with Crippen LogP contribution in [0.4, 0.5) is 0 Å². The van der Waals surface area contributed by atoms with Crippen molar-refractivity contribution >= 4 is 17.9 Å². The molecule has 0 aliphatic carbocycles. The molecule has 6 nitrogen and oxygen atoms in total. The summed E-state index contributed by atoms with van der Waals surface area (Å²) < 4.78 is 17.0. The predicted octanol–water partition coefficient (Wildman–Crippen LogP) is 25.7. The van der Waals surface area contributed by atoms with E-state index in [2.05, 4.69) is 45.1 Å². The molecular formula is C76H144O6. The molecule has 484 valence electrons. The molecule has 0 aromatic heterocycles. The van der Waals surface area contributed by atoms with E-state index in [1.54, 1.807) is 0 Å². The van der Waals surface area contributed by atoms with Crippen molar-refractivity contribution in [3.8, 4) is 0 Å². The second kappa shape index (κ2) is 71.4. The molecule has 0 aliphatic rings. The Hall–Kier alpha value is -2.11. The average Bonchev–Trinajstić information content (AvgIpc) is 3.47. The second-order valence-corrected chi connectivity index (χ2v) is 25.6. The lowest BCUT2D eigenvalue weighted by molar-refractivity contribution is -0.167. The number of unbranched alkanes of at least 4 members (excludes halogenated alkanes) is 55. The lowest BCUT2D eigenvalue weighted by Gasteiger charge is -2.18. The van der Waals surface area contributed by atoms with Gasteiger partial charge < -0.3 is 14.2 Å². The quantitative estimate of drug-likeness (QED) is 0.0261. The molecule has 0 aromatic carbocycles. The van der Waals surface area contributed by atoms with Crippen molar-refractivity contribution < 1.29 is 28.6 Å². The first kappa shape index (κ1) is 79.9. The van der Waals surface area contributed by atoms with Gasteiger partial charge in [0.2, 0.25) is 0 Å². The Morgan fingerprint density at radius 1 is 0.244 bits per heavy atom. The number of allylic oxidation sites excluding steroid dienone is 4. The van der Waals surface area contributed by atoms with Crippen LogP contribution in [0.1, 0.15) is 425 Å². The van der Waals surface area contributed by atoms with Gasteiger partial charge in [0, 0.05) is 19.3 Å². The Kier molecular flexibility index (Phi) is 69.5. The highest BCUT2D eigenvalue weighted by molar-refractivity contribution is 5.71. The molecule has 0 bridgehead atoms. The van der Waals surface area contributed by atoms with Crippen LogP contribution in [0.15, 0.2) is 24.3 Å². The Balaban J connectivity index is 4.19. The summed E-state index contributed by atoms with van der Waals surface area (Å²) in [6.07, 6.45) is 87.9. The lowest BCUT2D eigenvalue weighted by atomic mass is 10.0. The highest BCUT2D eigenvalue weighted by atomic mass is 16.6. The van der Waals surface area contributed by atoms with Crippen LogP contribution < -0.4 is 0 Å². The van der Waals surface area contributed by atoms with Gasteiger partial charge in [0.25, 0.3) is 0 Å². The first-order valence-electron chi connectivity index (χ1n) is 37.3. The van der Waals surface area contributed by atoms with E-state index in [9.17, 15) is 14.4 Å². The van der Waals surface area contributed by atoms with Crippen LogP contribution in [0.2, 0.25) is 0 Å². The zero-order valence-corrected chi connectivity index (χ0v) is 55.8. The van der Waals surface area contributed by atoms with Crippen LogP contribution in [0.3, 0.4) is 0 Å². The fraction of sp³-hybridized carbons (Fsp3) is 0.908. The molecule has 0 rings (SSSR count). The third kappa shape index (κ3) is 68.7. The Bertz CT molecular complexity index is 1320. The summed E-state index contributed by atoms with van der Waals surface area (Å²) in [6, 6.07) is 0. The number of rotatable bonds is 70. The van der Waals surface area contributed by atoms with Crippen molar-refractivity contribution in [2.45, 2.75) is 431 Å². The summed E-state index contributed by atoms with van der Waals surface area (Å²) in [5, 5.41) is 0. The van der Waals surface area contributed by atoms with Crippen LogP contribution in [0.25, 0.3) is 0 Å². The zero-order valence-electron chi connectivity index (χ0n) is 55.8. The van der Waals surface area contributed by atoms with Gasteiger partial charge in [0.05, 0.1) is 0 Å². The molecule has 1 atom stereocenters. The summed E-state index contributed by atoms with van der Waals surface area (Å²) in [4.78, 5) is 38.5. The Morgan fingerprint density at radius 3 is 0.671 bits per heavy atom. The van der Waals surface area contributed by atoms with Crippen molar-refractivity contribution in [3.63, 3.8) is 0 Å². The third-order valence-electron chi connectivity index (χ3n) is 17.2. The molecule has 0 spiro atoms. The van der Waals surface area contributed by atoms with E-state index < -0.39 is 6.10 Å². The van der Waals surface area contributed by atoms with Crippen molar-refractivity contribution in [2.75, 3.05) is 13.2 Å². The third-order valence-corrected chi connectivity index (χ3v) is 17.2. The largest absolute Gasteiger partial charge is 0.462 e. The van der Waals surface area contributed by atoms with Crippen LogP contribution >= 0.6 is 0 Å². The van der Waals surface area contributed by atoms with E-state index in [4.69, 9.17) is 14.2 Å². The molecule has 0 aliphatic heterocycles. The number of hydrogen-bond acceptors (Lipinski definition) is 6. The van der Waals surface area contributed by atoms with Gasteiger partial charge in [-0.25, -0.2) is 0 Å². The van der Waals surface area contributed by atoms with Crippen LogP contribution in [0, 0.1) is 0 Å². The maximum atomic E-state index is 13.0. The Labute approximate surface area is 513 Å². The first-order chi connectivity index (χ1) is 40.5. The summed E-state index contributed by atoms with van der Waals surface area (Å²) in [7, 11) is 0. The van der Waals surface area contributed by atoms with Gasteiger partial charge in [-0.2, -0.15) is 0 Å². The average molecular weight is 1150 g/mol. The Morgan fingerprint density at radius 2 is 0.439 bits per heavy atom. The van der Waals surface area contributed by atoms with Crippen molar-refractivity contribution in [1.82, 2.24) is 0 Å². The van der Waals surface area contributed by atoms with Gasteiger partial charge in [-0.05, 0) is 51.4 Å². The molecule has 0 heterocycles. The zero-order chi connectivity index (χ0) is 59.2. The second-order valence-electron chi connectivity index (χ2n) is 25.6.